The third kappa shape index (κ3) is 6.41. The molecule has 6 nitrogen and oxygen atoms in total. The first-order chi connectivity index (χ1) is 11.7. The summed E-state index contributed by atoms with van der Waals surface area (Å²) < 4.78 is 10.6. The molecule has 0 saturated heterocycles. The van der Waals surface area contributed by atoms with E-state index in [4.69, 9.17) is 9.47 Å². The number of halogens is 1. The molecule has 136 valence electrons. The molecule has 1 aromatic carbocycles. The van der Waals surface area contributed by atoms with Crippen LogP contribution in [0.25, 0.3) is 0 Å². The van der Waals surface area contributed by atoms with E-state index >= 15 is 0 Å². The van der Waals surface area contributed by atoms with Crippen molar-refractivity contribution in [2.24, 2.45) is 4.99 Å². The molecule has 0 bridgehead atoms. The summed E-state index contributed by atoms with van der Waals surface area (Å²) in [5, 5.41) is 6.56. The number of aryl methyl sites for hydroxylation is 1. The van der Waals surface area contributed by atoms with Crippen molar-refractivity contribution in [2.45, 2.75) is 20.0 Å². The number of aromatic nitrogens is 1. The maximum atomic E-state index is 5.43. The fourth-order valence-corrected chi connectivity index (χ4v) is 2.26. The molecular weight excluding hydrogens is 431 g/mol. The molecule has 7 heteroatoms. The minimum Gasteiger partial charge on any atom is -0.496 e. The lowest BCUT2D eigenvalue weighted by Gasteiger charge is -2.14. The zero-order chi connectivity index (χ0) is 17.4. The number of pyridine rings is 1. The van der Waals surface area contributed by atoms with Gasteiger partial charge in [-0.3, -0.25) is 4.99 Å². The van der Waals surface area contributed by atoms with Gasteiger partial charge in [-0.1, -0.05) is 12.1 Å². The number of nitrogens with one attached hydrogen (secondary N) is 2. The maximum Gasteiger partial charge on any atom is 0.213 e. The Balaban J connectivity index is 0.00000312. The summed E-state index contributed by atoms with van der Waals surface area (Å²) in [4.78, 5) is 8.34. The molecule has 2 rings (SSSR count). The van der Waals surface area contributed by atoms with Gasteiger partial charge in [-0.15, -0.1) is 24.0 Å². The molecule has 0 spiro atoms. The largest absolute Gasteiger partial charge is 0.496 e. The number of nitrogens with zero attached hydrogens (tertiary/aromatic N) is 2. The molecule has 0 radical (unpaired) electrons. The average Bonchev–Trinajstić information content (AvgIpc) is 2.62. The molecule has 0 aliphatic heterocycles. The van der Waals surface area contributed by atoms with Crippen LogP contribution in [0.3, 0.4) is 0 Å². The zero-order valence-electron chi connectivity index (χ0n) is 15.0. The highest BCUT2D eigenvalue weighted by Gasteiger charge is 2.05. The van der Waals surface area contributed by atoms with Crippen molar-refractivity contribution in [3.8, 4) is 11.6 Å². The van der Waals surface area contributed by atoms with E-state index in [0.29, 0.717) is 24.9 Å². The Morgan fingerprint density at radius 2 is 1.84 bits per heavy atom. The summed E-state index contributed by atoms with van der Waals surface area (Å²) in [6.45, 7) is 3.30. The molecule has 0 saturated carbocycles. The number of methoxy groups -OCH3 is 2. The van der Waals surface area contributed by atoms with Gasteiger partial charge in [0, 0.05) is 38.0 Å². The predicted octanol–water partition coefficient (Wildman–Crippen LogP) is 2.89. The monoisotopic (exact) mass is 456 g/mol. The number of aliphatic imine (C=N–C) groups is 1. The molecular formula is C18H25IN4O2. The second-order valence-electron chi connectivity index (χ2n) is 5.30. The fourth-order valence-electron chi connectivity index (χ4n) is 2.26. The Labute approximate surface area is 166 Å². The van der Waals surface area contributed by atoms with Gasteiger partial charge in [0.25, 0.3) is 0 Å². The van der Waals surface area contributed by atoms with Gasteiger partial charge in [-0.05, 0) is 30.2 Å². The van der Waals surface area contributed by atoms with Gasteiger partial charge >= 0.3 is 0 Å². The molecule has 0 unspecified atom stereocenters. The number of hydrogen-bond donors (Lipinski definition) is 2. The first kappa shape index (κ1) is 21.0. The van der Waals surface area contributed by atoms with Crippen molar-refractivity contribution in [3.63, 3.8) is 0 Å². The second kappa shape index (κ2) is 10.8. The van der Waals surface area contributed by atoms with E-state index in [-0.39, 0.29) is 24.0 Å². The van der Waals surface area contributed by atoms with Crippen LogP contribution in [0.1, 0.15) is 16.7 Å². The van der Waals surface area contributed by atoms with Gasteiger partial charge < -0.3 is 20.1 Å². The van der Waals surface area contributed by atoms with Crippen LogP contribution in [-0.2, 0) is 13.1 Å². The topological polar surface area (TPSA) is 67.8 Å². The summed E-state index contributed by atoms with van der Waals surface area (Å²) in [7, 11) is 5.03. The number of guanidine groups is 1. The lowest BCUT2D eigenvalue weighted by atomic mass is 10.1. The van der Waals surface area contributed by atoms with Crippen molar-refractivity contribution < 1.29 is 9.47 Å². The lowest BCUT2D eigenvalue weighted by Crippen LogP contribution is -2.36. The molecule has 1 heterocycles. The molecule has 0 amide bonds. The molecule has 25 heavy (non-hydrogen) atoms. The Morgan fingerprint density at radius 3 is 2.52 bits per heavy atom. The predicted molar refractivity (Wildman–Crippen MR) is 111 cm³/mol. The van der Waals surface area contributed by atoms with Crippen molar-refractivity contribution >= 4 is 29.9 Å². The molecule has 1 aromatic heterocycles. The Hall–Kier alpha value is -2.03. The first-order valence-electron chi connectivity index (χ1n) is 7.73. The Morgan fingerprint density at radius 1 is 1.08 bits per heavy atom. The number of hydrogen-bond acceptors (Lipinski definition) is 4. The maximum absolute atomic E-state index is 5.43. The lowest BCUT2D eigenvalue weighted by molar-refractivity contribution is 0.397. The van der Waals surface area contributed by atoms with E-state index in [1.807, 2.05) is 25.1 Å². The smallest absolute Gasteiger partial charge is 0.213 e. The third-order valence-electron chi connectivity index (χ3n) is 3.58. The average molecular weight is 456 g/mol. The highest BCUT2D eigenvalue weighted by Crippen LogP contribution is 2.19. The van der Waals surface area contributed by atoms with Gasteiger partial charge in [0.05, 0.1) is 14.2 Å². The van der Waals surface area contributed by atoms with Crippen LogP contribution < -0.4 is 20.1 Å². The summed E-state index contributed by atoms with van der Waals surface area (Å²) in [5.41, 5.74) is 3.32. The summed E-state index contributed by atoms with van der Waals surface area (Å²) >= 11 is 0. The molecule has 2 aromatic rings. The quantitative estimate of drug-likeness (QED) is 0.398. The minimum atomic E-state index is 0. The van der Waals surface area contributed by atoms with Crippen LogP contribution in [0.15, 0.2) is 41.5 Å². The molecule has 0 aliphatic rings. The third-order valence-corrected chi connectivity index (χ3v) is 3.58. The van der Waals surface area contributed by atoms with Crippen LogP contribution >= 0.6 is 24.0 Å². The normalized spacial score (nSPS) is 10.6. The zero-order valence-corrected chi connectivity index (χ0v) is 17.3. The summed E-state index contributed by atoms with van der Waals surface area (Å²) in [6, 6.07) is 9.98. The highest BCUT2D eigenvalue weighted by molar-refractivity contribution is 14.0. The molecule has 0 atom stereocenters. The summed E-state index contributed by atoms with van der Waals surface area (Å²) in [5.74, 6) is 2.19. The number of ether oxygens (including phenoxy) is 2. The summed E-state index contributed by atoms with van der Waals surface area (Å²) in [6.07, 6.45) is 1.73. The van der Waals surface area contributed by atoms with Gasteiger partial charge in [0.15, 0.2) is 5.96 Å². The van der Waals surface area contributed by atoms with Crippen molar-refractivity contribution in [1.29, 1.82) is 0 Å². The molecule has 0 aliphatic carbocycles. The van der Waals surface area contributed by atoms with E-state index < -0.39 is 0 Å². The van der Waals surface area contributed by atoms with Crippen LogP contribution in [0.2, 0.25) is 0 Å². The van der Waals surface area contributed by atoms with Gasteiger partial charge in [0.2, 0.25) is 5.88 Å². The van der Waals surface area contributed by atoms with Gasteiger partial charge in [-0.2, -0.15) is 0 Å². The Kier molecular flexibility index (Phi) is 9.04. The van der Waals surface area contributed by atoms with E-state index in [9.17, 15) is 0 Å². The second-order valence-corrected chi connectivity index (χ2v) is 5.30. The van der Waals surface area contributed by atoms with Gasteiger partial charge in [0.1, 0.15) is 5.75 Å². The Bertz CT molecular complexity index is 707. The van der Waals surface area contributed by atoms with Gasteiger partial charge in [-0.25, -0.2) is 4.98 Å². The van der Waals surface area contributed by atoms with Crippen molar-refractivity contribution in [1.82, 2.24) is 15.6 Å². The highest BCUT2D eigenvalue weighted by atomic mass is 127. The van der Waals surface area contributed by atoms with Crippen molar-refractivity contribution in [3.05, 3.63) is 53.2 Å². The molecule has 2 N–H and O–H groups in total. The van der Waals surface area contributed by atoms with Crippen LogP contribution in [0.4, 0.5) is 0 Å². The van der Waals surface area contributed by atoms with Crippen LogP contribution in [0, 0.1) is 6.92 Å². The van der Waals surface area contributed by atoms with E-state index in [0.717, 1.165) is 16.9 Å². The first-order valence-corrected chi connectivity index (χ1v) is 7.73. The van der Waals surface area contributed by atoms with E-state index in [1.54, 1.807) is 27.5 Å². The van der Waals surface area contributed by atoms with Crippen molar-refractivity contribution in [2.75, 3.05) is 21.3 Å². The number of benzene rings is 1. The fraction of sp³-hybridized carbons (Fsp3) is 0.333. The standard InChI is InChI=1S/C18H24N4O2.HI/c1-13-5-6-15(16(9-13)23-3)12-22-18(19-2)21-11-14-7-8-20-17(10-14)24-4;/h5-10H,11-12H2,1-4H3,(H2,19,21,22);1H. The van der Waals surface area contributed by atoms with E-state index in [2.05, 4.69) is 32.7 Å². The van der Waals surface area contributed by atoms with Crippen LogP contribution in [-0.4, -0.2) is 32.2 Å². The molecule has 0 fully saturated rings. The van der Waals surface area contributed by atoms with Crippen LogP contribution in [0.5, 0.6) is 11.6 Å². The minimum absolute atomic E-state index is 0. The SMILES string of the molecule is CN=C(NCc1ccnc(OC)c1)NCc1ccc(C)cc1OC.I. The van der Waals surface area contributed by atoms with E-state index in [1.165, 1.54) is 5.56 Å². The number of rotatable bonds is 6.